The molecule has 5 rings (SSSR count). The fraction of sp³-hybridized carbons (Fsp3) is 0.464. The van der Waals surface area contributed by atoms with Crippen LogP contribution in [0.4, 0.5) is 11.4 Å². The number of fused-ring (bicyclic) bond motifs is 1. The molecule has 0 aromatic heterocycles. The number of carboxylic acids is 1. The molecule has 3 fully saturated rings. The van der Waals surface area contributed by atoms with E-state index in [9.17, 15) is 34.7 Å². The van der Waals surface area contributed by atoms with Crippen molar-refractivity contribution in [1.29, 1.82) is 0 Å². The van der Waals surface area contributed by atoms with Crippen molar-refractivity contribution in [1.82, 2.24) is 5.32 Å². The highest BCUT2D eigenvalue weighted by Crippen LogP contribution is 2.53. The molecular formula is C28H31N3O7. The quantitative estimate of drug-likeness (QED) is 0.291. The second-order valence-corrected chi connectivity index (χ2v) is 10.9. The van der Waals surface area contributed by atoms with Crippen LogP contribution in [0.15, 0.2) is 36.4 Å². The number of amides is 2. The van der Waals surface area contributed by atoms with Crippen molar-refractivity contribution in [2.24, 2.45) is 17.8 Å². The van der Waals surface area contributed by atoms with Crippen molar-refractivity contribution in [2.45, 2.75) is 64.0 Å². The van der Waals surface area contributed by atoms with Crippen molar-refractivity contribution in [2.75, 3.05) is 4.90 Å². The van der Waals surface area contributed by atoms with Gasteiger partial charge < -0.3 is 10.2 Å². The highest BCUT2D eigenvalue weighted by Gasteiger charge is 2.69. The van der Waals surface area contributed by atoms with Crippen molar-refractivity contribution in [3.05, 3.63) is 63.2 Å². The maximum atomic E-state index is 14.0. The van der Waals surface area contributed by atoms with Crippen LogP contribution in [0.5, 0.6) is 5.75 Å². The van der Waals surface area contributed by atoms with Crippen LogP contribution in [0.25, 0.3) is 0 Å². The number of nitro groups is 1. The van der Waals surface area contributed by atoms with E-state index in [1.165, 1.54) is 18.2 Å². The Morgan fingerprint density at radius 1 is 1.11 bits per heavy atom. The number of imide groups is 1. The number of nitrogens with one attached hydrogen (secondary N) is 1. The molecule has 2 saturated heterocycles. The molecule has 3 N–H and O–H groups in total. The Balaban J connectivity index is 1.64. The van der Waals surface area contributed by atoms with Gasteiger partial charge in [-0.1, -0.05) is 50.3 Å². The first-order valence-corrected chi connectivity index (χ1v) is 13.0. The minimum atomic E-state index is -1.68. The summed E-state index contributed by atoms with van der Waals surface area (Å²) in [5, 5.41) is 35.6. The van der Waals surface area contributed by atoms with E-state index in [1.54, 1.807) is 26.0 Å². The molecule has 0 bridgehead atoms. The Kier molecular flexibility index (Phi) is 6.46. The lowest BCUT2D eigenvalue weighted by atomic mass is 9.72. The smallest absolute Gasteiger partial charge is 0.324 e. The Labute approximate surface area is 219 Å². The van der Waals surface area contributed by atoms with E-state index >= 15 is 0 Å². The summed E-state index contributed by atoms with van der Waals surface area (Å²) in [7, 11) is 0. The zero-order valence-electron chi connectivity index (χ0n) is 21.3. The molecule has 1 saturated carbocycles. The van der Waals surface area contributed by atoms with E-state index in [-0.39, 0.29) is 29.5 Å². The highest BCUT2D eigenvalue weighted by molar-refractivity contribution is 6.24. The van der Waals surface area contributed by atoms with Gasteiger partial charge in [0.25, 0.3) is 5.69 Å². The SMILES string of the molecule is Cc1cc(C2NC(CC3CCCCC3)(C(=O)O)C3C(=O)N(c4cccc([N+](=O)[O-])c4)C(=O)C23)cc(C)c1O. The fourth-order valence-corrected chi connectivity index (χ4v) is 6.78. The van der Waals surface area contributed by atoms with Crippen LogP contribution in [-0.2, 0) is 14.4 Å². The molecule has 4 atom stereocenters. The van der Waals surface area contributed by atoms with Crippen LogP contribution in [0.1, 0.15) is 61.3 Å². The van der Waals surface area contributed by atoms with Crippen molar-refractivity contribution < 1.29 is 29.5 Å². The number of aliphatic carboxylic acids is 1. The first-order chi connectivity index (χ1) is 18.0. The maximum Gasteiger partial charge on any atom is 0.324 e. The molecule has 0 radical (unpaired) electrons. The minimum Gasteiger partial charge on any atom is -0.507 e. The first-order valence-electron chi connectivity index (χ1n) is 13.0. The number of carbonyl (C=O) groups is 3. The number of aromatic hydroxyl groups is 1. The number of anilines is 1. The van der Waals surface area contributed by atoms with Gasteiger partial charge >= 0.3 is 5.97 Å². The molecule has 2 aromatic carbocycles. The van der Waals surface area contributed by atoms with Crippen LogP contribution in [0.3, 0.4) is 0 Å². The summed E-state index contributed by atoms with van der Waals surface area (Å²) in [5.41, 5.74) is -0.138. The summed E-state index contributed by atoms with van der Waals surface area (Å²) in [6, 6.07) is 7.91. The van der Waals surface area contributed by atoms with E-state index in [2.05, 4.69) is 5.32 Å². The molecular weight excluding hydrogens is 490 g/mol. The summed E-state index contributed by atoms with van der Waals surface area (Å²) in [6.07, 6.45) is 4.97. The average molecular weight is 522 g/mol. The largest absolute Gasteiger partial charge is 0.507 e. The van der Waals surface area contributed by atoms with Gasteiger partial charge in [0.1, 0.15) is 11.3 Å². The Morgan fingerprint density at radius 3 is 2.37 bits per heavy atom. The number of carbonyl (C=O) groups excluding carboxylic acids is 2. The summed E-state index contributed by atoms with van der Waals surface area (Å²) in [6.45, 7) is 3.45. The number of phenols is 1. The van der Waals surface area contributed by atoms with E-state index < -0.39 is 46.1 Å². The van der Waals surface area contributed by atoms with E-state index in [0.29, 0.717) is 16.7 Å². The van der Waals surface area contributed by atoms with Gasteiger partial charge in [0.05, 0.1) is 22.4 Å². The number of nitro benzene ring substituents is 1. The Morgan fingerprint density at radius 2 is 1.76 bits per heavy atom. The maximum absolute atomic E-state index is 14.0. The normalized spacial score (nSPS) is 27.5. The van der Waals surface area contributed by atoms with Crippen LogP contribution in [0, 0.1) is 41.7 Å². The average Bonchev–Trinajstić information content (AvgIpc) is 3.36. The zero-order chi connectivity index (χ0) is 27.4. The Bertz CT molecular complexity index is 1310. The number of non-ortho nitro benzene ring substituents is 1. The Hall–Kier alpha value is -3.79. The minimum absolute atomic E-state index is 0.0531. The molecule has 2 heterocycles. The van der Waals surface area contributed by atoms with Gasteiger partial charge in [0.2, 0.25) is 11.8 Å². The molecule has 38 heavy (non-hydrogen) atoms. The molecule has 10 nitrogen and oxygen atoms in total. The summed E-state index contributed by atoms with van der Waals surface area (Å²) in [4.78, 5) is 52.7. The van der Waals surface area contributed by atoms with Crippen molar-refractivity contribution in [3.63, 3.8) is 0 Å². The fourth-order valence-electron chi connectivity index (χ4n) is 6.78. The van der Waals surface area contributed by atoms with Gasteiger partial charge in [-0.05, 0) is 48.9 Å². The predicted molar refractivity (Wildman–Crippen MR) is 138 cm³/mol. The number of aryl methyl sites for hydroxylation is 2. The third-order valence-electron chi connectivity index (χ3n) is 8.54. The number of hydrogen-bond donors (Lipinski definition) is 3. The predicted octanol–water partition coefficient (Wildman–Crippen LogP) is 4.16. The highest BCUT2D eigenvalue weighted by atomic mass is 16.6. The van der Waals surface area contributed by atoms with Gasteiger partial charge in [-0.15, -0.1) is 0 Å². The van der Waals surface area contributed by atoms with Gasteiger partial charge in [0.15, 0.2) is 0 Å². The molecule has 200 valence electrons. The second-order valence-electron chi connectivity index (χ2n) is 10.9. The number of phenolic OH excluding ortho intramolecular Hbond substituents is 1. The molecule has 10 heteroatoms. The number of rotatable bonds is 6. The number of nitrogens with zero attached hydrogens (tertiary/aromatic N) is 2. The van der Waals surface area contributed by atoms with Crippen LogP contribution in [0.2, 0.25) is 0 Å². The van der Waals surface area contributed by atoms with Crippen LogP contribution < -0.4 is 10.2 Å². The molecule has 0 spiro atoms. The molecule has 1 aliphatic carbocycles. The van der Waals surface area contributed by atoms with Crippen LogP contribution in [-0.4, -0.2) is 38.5 Å². The number of hydrogen-bond acceptors (Lipinski definition) is 7. The molecule has 2 aliphatic heterocycles. The number of carboxylic acid groups (broad SMARTS) is 1. The molecule has 2 amide bonds. The lowest BCUT2D eigenvalue weighted by Crippen LogP contribution is -2.57. The number of benzene rings is 2. The van der Waals surface area contributed by atoms with Gasteiger partial charge in [0, 0.05) is 18.2 Å². The molecule has 3 aliphatic rings. The summed E-state index contributed by atoms with van der Waals surface area (Å²) in [5.74, 6) is -4.45. The standard InChI is InChI=1S/C28H31N3O7/c1-15-11-18(12-16(2)24(15)32)23-21-22(28(29-23,27(35)36)14-17-7-4-3-5-8-17)26(34)30(25(21)33)19-9-6-10-20(13-19)31(37)38/h6,9-13,17,21-23,29,32H,3-5,7-8,14H2,1-2H3,(H,35,36). The van der Waals surface area contributed by atoms with Gasteiger partial charge in [-0.2, -0.15) is 0 Å². The van der Waals surface area contributed by atoms with Crippen molar-refractivity contribution >= 4 is 29.2 Å². The van der Waals surface area contributed by atoms with E-state index in [1.807, 2.05) is 0 Å². The monoisotopic (exact) mass is 521 g/mol. The summed E-state index contributed by atoms with van der Waals surface area (Å²) < 4.78 is 0. The lowest BCUT2D eigenvalue weighted by Gasteiger charge is -2.35. The topological polar surface area (TPSA) is 150 Å². The molecule has 2 aromatic rings. The van der Waals surface area contributed by atoms with Gasteiger partial charge in [-0.3, -0.25) is 29.8 Å². The third kappa shape index (κ3) is 4.03. The van der Waals surface area contributed by atoms with Crippen molar-refractivity contribution in [3.8, 4) is 5.75 Å². The first kappa shape index (κ1) is 25.8. The second kappa shape index (κ2) is 9.50. The lowest BCUT2D eigenvalue weighted by molar-refractivity contribution is -0.384. The van der Waals surface area contributed by atoms with E-state index in [4.69, 9.17) is 0 Å². The third-order valence-corrected chi connectivity index (χ3v) is 8.54. The van der Waals surface area contributed by atoms with Crippen LogP contribution >= 0.6 is 0 Å². The van der Waals surface area contributed by atoms with E-state index in [0.717, 1.165) is 43.1 Å². The zero-order valence-corrected chi connectivity index (χ0v) is 21.3. The molecule has 4 unspecified atom stereocenters. The van der Waals surface area contributed by atoms with Gasteiger partial charge in [-0.25, -0.2) is 4.90 Å². The summed E-state index contributed by atoms with van der Waals surface area (Å²) >= 11 is 0.